The molecule has 19 rings (SSSR count). The van der Waals surface area contributed by atoms with Gasteiger partial charge in [-0.25, -0.2) is 0 Å². The van der Waals surface area contributed by atoms with Crippen molar-refractivity contribution in [2.24, 2.45) is 0 Å². The number of aromatic nitrogens is 3. The van der Waals surface area contributed by atoms with E-state index in [1.807, 2.05) is 0 Å². The largest absolute Gasteiger partial charge is 0.256 e. The summed E-state index contributed by atoms with van der Waals surface area (Å²) in [7, 11) is 0. The smallest absolute Gasteiger partial charge is 0.0702 e. The summed E-state index contributed by atoms with van der Waals surface area (Å²) in [5, 5.41) is 0. The zero-order valence-corrected chi connectivity index (χ0v) is 44.3. The first-order chi connectivity index (χ1) is 38.6. The molecule has 0 spiro atoms. The Balaban J connectivity index is 0.785. The van der Waals surface area contributed by atoms with Crippen molar-refractivity contribution in [2.45, 2.75) is 113 Å². The van der Waals surface area contributed by atoms with E-state index in [1.165, 1.54) is 110 Å². The number of benzene rings is 7. The number of nitrogens with zero attached hydrogens (tertiary/aromatic N) is 3. The third-order valence-electron chi connectivity index (χ3n) is 19.8. The Hall–Kier alpha value is -8.01. The van der Waals surface area contributed by atoms with E-state index in [4.69, 9.17) is 15.0 Å². The second-order valence-electron chi connectivity index (χ2n) is 23.9. The molecule has 3 saturated carbocycles. The Morgan fingerprint density at radius 1 is 0.205 bits per heavy atom. The van der Waals surface area contributed by atoms with Gasteiger partial charge in [0, 0.05) is 52.0 Å². The highest BCUT2D eigenvalue weighted by Crippen LogP contribution is 2.53. The molecular formula is C75H63N3. The van der Waals surface area contributed by atoms with Crippen molar-refractivity contribution in [1.29, 1.82) is 0 Å². The van der Waals surface area contributed by atoms with Crippen LogP contribution in [0.25, 0.3) is 101 Å². The van der Waals surface area contributed by atoms with Crippen LogP contribution in [0.4, 0.5) is 0 Å². The maximum absolute atomic E-state index is 5.19. The molecule has 9 aliphatic carbocycles. The van der Waals surface area contributed by atoms with Crippen molar-refractivity contribution in [3.63, 3.8) is 0 Å². The van der Waals surface area contributed by atoms with Crippen LogP contribution in [0.2, 0.25) is 0 Å². The quantitative estimate of drug-likeness (QED) is 0.145. The monoisotopic (exact) mass is 1010 g/mol. The Labute approximate surface area is 459 Å². The first-order valence-electron chi connectivity index (χ1n) is 29.4. The average molecular weight is 1010 g/mol. The second-order valence-corrected chi connectivity index (χ2v) is 23.9. The van der Waals surface area contributed by atoms with Gasteiger partial charge in [-0.05, 0) is 251 Å². The highest BCUT2D eigenvalue weighted by Gasteiger charge is 2.35. The van der Waals surface area contributed by atoms with Gasteiger partial charge in [-0.1, -0.05) is 127 Å². The molecule has 9 aliphatic rings. The highest BCUT2D eigenvalue weighted by atomic mass is 14.7. The Bertz CT molecular complexity index is 3510. The van der Waals surface area contributed by atoms with Crippen LogP contribution in [0.5, 0.6) is 0 Å². The van der Waals surface area contributed by atoms with Crippen molar-refractivity contribution >= 4 is 0 Å². The SMILES string of the molecule is c1ccc(-c2cc(-c3ccccc3-c3ccc(-c4ccc5c(c4)C4CCC5CC4)nc3)cc(-c3ccccc3-c3ccc(-c4ccc5c(c4)C4CCC5CC4)nc3)c2)c(-c2ccc(-c3ccc4c(c3)C3CCC4CC3)nc2)c1. The second kappa shape index (κ2) is 18.9. The van der Waals surface area contributed by atoms with E-state index in [9.17, 15) is 0 Å². The van der Waals surface area contributed by atoms with Crippen molar-refractivity contribution < 1.29 is 0 Å². The van der Waals surface area contributed by atoms with Crippen molar-refractivity contribution in [2.75, 3.05) is 0 Å². The lowest BCUT2D eigenvalue weighted by atomic mass is 9.67. The average Bonchev–Trinajstić information content (AvgIpc) is 3.58. The van der Waals surface area contributed by atoms with Crippen LogP contribution in [0.1, 0.15) is 146 Å². The Morgan fingerprint density at radius 3 is 0.679 bits per heavy atom. The third-order valence-corrected chi connectivity index (χ3v) is 19.8. The number of fused-ring (bicyclic) bond motifs is 6. The van der Waals surface area contributed by atoms with Crippen LogP contribution < -0.4 is 0 Å². The van der Waals surface area contributed by atoms with E-state index in [0.29, 0.717) is 17.8 Å². The summed E-state index contributed by atoms with van der Waals surface area (Å²) in [4.78, 5) is 15.6. The fourth-order valence-corrected chi connectivity index (χ4v) is 15.8. The maximum Gasteiger partial charge on any atom is 0.0702 e. The predicted molar refractivity (Wildman–Crippen MR) is 321 cm³/mol. The molecule has 3 fully saturated rings. The van der Waals surface area contributed by atoms with Gasteiger partial charge in [-0.2, -0.15) is 0 Å². The molecular weight excluding hydrogens is 943 g/mol. The molecule has 3 heteroatoms. The van der Waals surface area contributed by atoms with Crippen LogP contribution in [-0.4, -0.2) is 15.0 Å². The first-order valence-corrected chi connectivity index (χ1v) is 29.4. The van der Waals surface area contributed by atoms with E-state index in [0.717, 1.165) is 84.9 Å². The summed E-state index contributed by atoms with van der Waals surface area (Å²) >= 11 is 0. The minimum absolute atomic E-state index is 0.699. The molecule has 3 heterocycles. The first kappa shape index (κ1) is 46.1. The van der Waals surface area contributed by atoms with Gasteiger partial charge < -0.3 is 0 Å². The van der Waals surface area contributed by atoms with Crippen LogP contribution in [-0.2, 0) is 0 Å². The van der Waals surface area contributed by atoms with Crippen molar-refractivity contribution in [3.8, 4) is 101 Å². The molecule has 0 saturated heterocycles. The zero-order chi connectivity index (χ0) is 51.3. The standard InChI is InChI=1S/C75H63N3/c1-4-10-64(61(7-1)55-28-34-73(76-43-55)52-25-31-67-46-13-19-49(20-14-46)70(67)40-52)58-37-59(65-11-5-2-8-62(65)56-29-35-74(77-44-56)53-26-32-68-47-15-21-50(22-16-47)71(68)41-53)39-60(38-58)66-12-6-3-9-63(66)57-30-36-75(78-45-57)54-27-33-69-48-17-23-51(24-18-48)72(69)42-54/h1-12,25-51H,13-24H2. The van der Waals surface area contributed by atoms with Gasteiger partial charge in [-0.3, -0.25) is 15.0 Å². The molecule has 7 aromatic carbocycles. The minimum Gasteiger partial charge on any atom is -0.256 e. The maximum atomic E-state index is 5.19. The molecule has 6 bridgehead atoms. The van der Waals surface area contributed by atoms with E-state index >= 15 is 0 Å². The molecule has 78 heavy (non-hydrogen) atoms. The van der Waals surface area contributed by atoms with Crippen LogP contribution in [0.15, 0.2) is 201 Å². The van der Waals surface area contributed by atoms with Crippen LogP contribution in [0.3, 0.4) is 0 Å². The van der Waals surface area contributed by atoms with Crippen molar-refractivity contribution in [1.82, 2.24) is 15.0 Å². The van der Waals surface area contributed by atoms with E-state index in [2.05, 4.69) is 201 Å². The predicted octanol–water partition coefficient (Wildman–Crippen LogP) is 20.1. The number of rotatable bonds is 9. The number of pyridine rings is 3. The molecule has 10 aromatic rings. The topological polar surface area (TPSA) is 38.7 Å². The zero-order valence-electron chi connectivity index (χ0n) is 44.3. The van der Waals surface area contributed by atoms with Gasteiger partial charge in [0.05, 0.1) is 17.1 Å². The van der Waals surface area contributed by atoms with Crippen molar-refractivity contribution in [3.05, 3.63) is 234 Å². The number of hydrogen-bond acceptors (Lipinski definition) is 3. The molecule has 0 radical (unpaired) electrons. The summed E-state index contributed by atoms with van der Waals surface area (Å²) in [6, 6.07) is 68.9. The normalized spacial score (nSPS) is 21.2. The van der Waals surface area contributed by atoms with Gasteiger partial charge in [-0.15, -0.1) is 0 Å². The van der Waals surface area contributed by atoms with Gasteiger partial charge >= 0.3 is 0 Å². The van der Waals surface area contributed by atoms with Gasteiger partial charge in [0.1, 0.15) is 0 Å². The fourth-order valence-electron chi connectivity index (χ4n) is 15.8. The molecule has 0 N–H and O–H groups in total. The summed E-state index contributed by atoms with van der Waals surface area (Å²) in [6.07, 6.45) is 22.3. The molecule has 0 amide bonds. The molecule has 0 aliphatic heterocycles. The molecule has 3 nitrogen and oxygen atoms in total. The van der Waals surface area contributed by atoms with Gasteiger partial charge in [0.2, 0.25) is 0 Å². The Kier molecular flexibility index (Phi) is 11.2. The van der Waals surface area contributed by atoms with E-state index < -0.39 is 0 Å². The number of hydrogen-bond donors (Lipinski definition) is 0. The fraction of sp³-hybridized carbons (Fsp3) is 0.240. The third kappa shape index (κ3) is 7.94. The van der Waals surface area contributed by atoms with E-state index in [1.54, 1.807) is 33.4 Å². The minimum atomic E-state index is 0.699. The molecule has 3 aromatic heterocycles. The van der Waals surface area contributed by atoms with Crippen LogP contribution >= 0.6 is 0 Å². The lowest BCUT2D eigenvalue weighted by Crippen LogP contribution is -2.21. The summed E-state index contributed by atoms with van der Waals surface area (Å²) in [6.45, 7) is 0. The highest BCUT2D eigenvalue weighted by molar-refractivity contribution is 5.94. The summed E-state index contributed by atoms with van der Waals surface area (Å²) in [5.74, 6) is 4.30. The van der Waals surface area contributed by atoms with E-state index in [-0.39, 0.29) is 0 Å². The van der Waals surface area contributed by atoms with Crippen LogP contribution in [0, 0.1) is 0 Å². The van der Waals surface area contributed by atoms with Gasteiger partial charge in [0.15, 0.2) is 0 Å². The summed E-state index contributed by atoms with van der Waals surface area (Å²) < 4.78 is 0. The molecule has 378 valence electrons. The lowest BCUT2D eigenvalue weighted by Gasteiger charge is -2.38. The molecule has 0 unspecified atom stereocenters. The Morgan fingerprint density at radius 2 is 0.436 bits per heavy atom. The van der Waals surface area contributed by atoms with Gasteiger partial charge in [0.25, 0.3) is 0 Å². The summed E-state index contributed by atoms with van der Waals surface area (Å²) in [5.41, 5.74) is 30.0. The lowest BCUT2D eigenvalue weighted by molar-refractivity contribution is 0.359. The molecule has 0 atom stereocenters.